The number of hydrogen-bond acceptors (Lipinski definition) is 10. The maximum absolute atomic E-state index is 14.1. The van der Waals surface area contributed by atoms with Crippen molar-refractivity contribution in [1.82, 2.24) is 15.0 Å². The minimum Gasteiger partial charge on any atom is -0.439 e. The van der Waals surface area contributed by atoms with Crippen LogP contribution in [0.15, 0.2) is 53.9 Å². The van der Waals surface area contributed by atoms with Gasteiger partial charge in [-0.2, -0.15) is 10.1 Å². The number of hydrazone groups is 1. The predicted molar refractivity (Wildman–Crippen MR) is 114 cm³/mol. The minimum absolute atomic E-state index is 0.112. The second-order valence-corrected chi connectivity index (χ2v) is 6.62. The number of nitro groups is 1. The molecule has 3 heterocycles. The van der Waals surface area contributed by atoms with Gasteiger partial charge in [-0.05, 0) is 29.8 Å². The molecule has 1 N–H and O–H groups in total. The number of morpholine rings is 1. The van der Waals surface area contributed by atoms with Crippen molar-refractivity contribution in [3.8, 4) is 11.6 Å². The highest BCUT2D eigenvalue weighted by Crippen LogP contribution is 2.21. The van der Waals surface area contributed by atoms with E-state index in [-0.39, 0.29) is 23.3 Å². The first kappa shape index (κ1) is 21.1. The van der Waals surface area contributed by atoms with Gasteiger partial charge in [0.25, 0.3) is 5.69 Å². The fraction of sp³-hybridized carbons (Fsp3) is 0.200. The van der Waals surface area contributed by atoms with E-state index in [2.05, 4.69) is 25.5 Å². The van der Waals surface area contributed by atoms with Gasteiger partial charge in [0.1, 0.15) is 11.9 Å². The quantitative estimate of drug-likeness (QED) is 0.336. The van der Waals surface area contributed by atoms with Gasteiger partial charge in [-0.1, -0.05) is 0 Å². The van der Waals surface area contributed by atoms with Crippen LogP contribution in [-0.2, 0) is 4.74 Å². The second-order valence-electron chi connectivity index (χ2n) is 6.62. The lowest BCUT2D eigenvalue weighted by molar-refractivity contribution is -0.385. The first-order chi connectivity index (χ1) is 15.6. The van der Waals surface area contributed by atoms with Gasteiger partial charge in [0.2, 0.25) is 11.8 Å². The molecule has 0 unspecified atom stereocenters. The van der Waals surface area contributed by atoms with Crippen LogP contribution in [-0.4, -0.2) is 52.4 Å². The SMILES string of the molecule is O=[N+]([O-])c1ccc(Oc2ccc(/C=N\Nc3ncc(F)c(N4CCOCC4)n3)cc2)nc1. The molecule has 1 fully saturated rings. The van der Waals surface area contributed by atoms with Gasteiger partial charge < -0.3 is 14.4 Å². The standard InChI is InChI=1S/C20H18FN7O4/c21-17-13-23-20(25-19(17)27-7-9-31-10-8-27)26-24-11-14-1-4-16(5-2-14)32-18-6-3-15(12-22-18)28(29)30/h1-6,11-13H,7-10H2,(H,23,25,26)/b24-11-. The van der Waals surface area contributed by atoms with Crippen LogP contribution < -0.4 is 15.1 Å². The summed E-state index contributed by atoms with van der Waals surface area (Å²) < 4.78 is 24.9. The van der Waals surface area contributed by atoms with E-state index in [1.54, 1.807) is 35.4 Å². The molecule has 32 heavy (non-hydrogen) atoms. The largest absolute Gasteiger partial charge is 0.439 e. The summed E-state index contributed by atoms with van der Waals surface area (Å²) in [5.74, 6) is 0.631. The van der Waals surface area contributed by atoms with Gasteiger partial charge in [-0.3, -0.25) is 10.1 Å². The highest BCUT2D eigenvalue weighted by molar-refractivity contribution is 5.80. The van der Waals surface area contributed by atoms with Crippen molar-refractivity contribution in [2.75, 3.05) is 36.6 Å². The Balaban J connectivity index is 1.35. The van der Waals surface area contributed by atoms with Crippen LogP contribution in [0.4, 0.5) is 21.8 Å². The molecule has 0 radical (unpaired) electrons. The van der Waals surface area contributed by atoms with E-state index in [9.17, 15) is 14.5 Å². The summed E-state index contributed by atoms with van der Waals surface area (Å²) in [6.07, 6.45) is 3.78. The molecule has 0 saturated carbocycles. The number of halogens is 1. The van der Waals surface area contributed by atoms with Gasteiger partial charge in [0, 0.05) is 25.2 Å². The highest BCUT2D eigenvalue weighted by Gasteiger charge is 2.17. The van der Waals surface area contributed by atoms with Crippen molar-refractivity contribution in [3.05, 3.63) is 70.3 Å². The van der Waals surface area contributed by atoms with Crippen LogP contribution in [0.2, 0.25) is 0 Å². The fourth-order valence-corrected chi connectivity index (χ4v) is 2.86. The Morgan fingerprint density at radius 3 is 2.62 bits per heavy atom. The number of pyridine rings is 1. The molecule has 1 aromatic carbocycles. The van der Waals surface area contributed by atoms with E-state index < -0.39 is 10.7 Å². The Labute approximate surface area is 181 Å². The summed E-state index contributed by atoms with van der Waals surface area (Å²) in [6.45, 7) is 2.15. The Hall–Kier alpha value is -4.19. The van der Waals surface area contributed by atoms with Crippen LogP contribution in [0, 0.1) is 15.9 Å². The van der Waals surface area contributed by atoms with E-state index >= 15 is 0 Å². The molecular weight excluding hydrogens is 421 g/mol. The van der Waals surface area contributed by atoms with Crippen molar-refractivity contribution in [2.24, 2.45) is 5.10 Å². The van der Waals surface area contributed by atoms with Crippen LogP contribution >= 0.6 is 0 Å². The predicted octanol–water partition coefficient (Wildman–Crippen LogP) is 2.99. The average molecular weight is 439 g/mol. The lowest BCUT2D eigenvalue weighted by atomic mass is 10.2. The Bertz CT molecular complexity index is 1100. The molecule has 0 amide bonds. The van der Waals surface area contributed by atoms with Crippen molar-refractivity contribution >= 4 is 23.7 Å². The summed E-state index contributed by atoms with van der Waals surface area (Å²) in [5.41, 5.74) is 3.34. The number of hydrogen-bond donors (Lipinski definition) is 1. The van der Waals surface area contributed by atoms with E-state index in [0.29, 0.717) is 32.1 Å². The molecule has 0 bridgehead atoms. The van der Waals surface area contributed by atoms with E-state index in [1.807, 2.05) is 0 Å². The van der Waals surface area contributed by atoms with Crippen molar-refractivity contribution < 1.29 is 18.8 Å². The molecule has 2 aromatic heterocycles. The molecular formula is C20H18FN7O4. The van der Waals surface area contributed by atoms with E-state index in [4.69, 9.17) is 9.47 Å². The molecule has 1 aliphatic rings. The maximum atomic E-state index is 14.1. The first-order valence-corrected chi connectivity index (χ1v) is 9.61. The topological polar surface area (TPSA) is 128 Å². The summed E-state index contributed by atoms with van der Waals surface area (Å²) in [7, 11) is 0. The molecule has 1 saturated heterocycles. The first-order valence-electron chi connectivity index (χ1n) is 9.61. The molecule has 3 aromatic rings. The van der Waals surface area contributed by atoms with Crippen LogP contribution in [0.25, 0.3) is 0 Å². The number of nitrogens with zero attached hydrogens (tertiary/aromatic N) is 6. The maximum Gasteiger partial charge on any atom is 0.287 e. The molecule has 1 aliphatic heterocycles. The molecule has 4 rings (SSSR count). The normalized spacial score (nSPS) is 13.8. The molecule has 11 nitrogen and oxygen atoms in total. The summed E-state index contributed by atoms with van der Waals surface area (Å²) in [6, 6.07) is 9.67. The zero-order chi connectivity index (χ0) is 22.3. The Kier molecular flexibility index (Phi) is 6.41. The van der Waals surface area contributed by atoms with E-state index in [1.165, 1.54) is 12.1 Å². The van der Waals surface area contributed by atoms with Gasteiger partial charge >= 0.3 is 0 Å². The number of rotatable bonds is 7. The fourth-order valence-electron chi connectivity index (χ4n) is 2.86. The lowest BCUT2D eigenvalue weighted by Gasteiger charge is -2.27. The minimum atomic E-state index is -0.528. The third kappa shape index (κ3) is 5.29. The highest BCUT2D eigenvalue weighted by atomic mass is 19.1. The van der Waals surface area contributed by atoms with Gasteiger partial charge in [-0.25, -0.2) is 19.8 Å². The number of ether oxygens (including phenoxy) is 2. The number of anilines is 2. The smallest absolute Gasteiger partial charge is 0.287 e. The summed E-state index contributed by atoms with van der Waals surface area (Å²) >= 11 is 0. The van der Waals surface area contributed by atoms with Crippen LogP contribution in [0.3, 0.4) is 0 Å². The van der Waals surface area contributed by atoms with Gasteiger partial charge in [0.15, 0.2) is 11.6 Å². The average Bonchev–Trinajstić information content (AvgIpc) is 2.82. The van der Waals surface area contributed by atoms with Crippen LogP contribution in [0.1, 0.15) is 5.56 Å². The van der Waals surface area contributed by atoms with Gasteiger partial charge in [0.05, 0.1) is 30.5 Å². The van der Waals surface area contributed by atoms with Crippen molar-refractivity contribution in [1.29, 1.82) is 0 Å². The third-order valence-corrected chi connectivity index (χ3v) is 4.45. The monoisotopic (exact) mass is 439 g/mol. The van der Waals surface area contributed by atoms with Gasteiger partial charge in [-0.15, -0.1) is 0 Å². The van der Waals surface area contributed by atoms with E-state index in [0.717, 1.165) is 18.0 Å². The molecule has 164 valence electrons. The zero-order valence-corrected chi connectivity index (χ0v) is 16.7. The Morgan fingerprint density at radius 1 is 1.16 bits per heavy atom. The molecule has 12 heteroatoms. The van der Waals surface area contributed by atoms with Crippen LogP contribution in [0.5, 0.6) is 11.6 Å². The third-order valence-electron chi connectivity index (χ3n) is 4.45. The molecule has 0 atom stereocenters. The van der Waals surface area contributed by atoms with Crippen molar-refractivity contribution in [2.45, 2.75) is 0 Å². The molecule has 0 aliphatic carbocycles. The zero-order valence-electron chi connectivity index (χ0n) is 16.7. The summed E-state index contributed by atoms with van der Waals surface area (Å²) in [5, 5.41) is 14.8. The Morgan fingerprint density at radius 2 is 1.94 bits per heavy atom. The van der Waals surface area contributed by atoms with Crippen molar-refractivity contribution in [3.63, 3.8) is 0 Å². The number of aromatic nitrogens is 3. The lowest BCUT2D eigenvalue weighted by Crippen LogP contribution is -2.37. The molecule has 0 spiro atoms. The number of benzene rings is 1. The second kappa shape index (κ2) is 9.75. The summed E-state index contributed by atoms with van der Waals surface area (Å²) in [4.78, 5) is 23.9. The number of nitrogens with one attached hydrogen (secondary N) is 1.